The van der Waals surface area contributed by atoms with Crippen LogP contribution in [0.3, 0.4) is 0 Å². The van der Waals surface area contributed by atoms with E-state index in [4.69, 9.17) is 28.2 Å². The summed E-state index contributed by atoms with van der Waals surface area (Å²) < 4.78 is 0. The number of benzene rings is 3. The Morgan fingerprint density at radius 3 is 2.24 bits per heavy atom. The van der Waals surface area contributed by atoms with Crippen LogP contribution in [-0.4, -0.2) is 35.7 Å². The number of alkyl halides is 2. The smallest absolute Gasteiger partial charge is 0.256 e. The second kappa shape index (κ2) is 10.7. The number of anilines is 2. The van der Waals surface area contributed by atoms with Crippen molar-refractivity contribution in [3.05, 3.63) is 90.0 Å². The molecule has 1 aromatic heterocycles. The topological polar surface area (TPSA) is 45.2 Å². The molecule has 33 heavy (non-hydrogen) atoms. The summed E-state index contributed by atoms with van der Waals surface area (Å²) in [7, 11) is 0. The highest BCUT2D eigenvalue weighted by Crippen LogP contribution is 2.26. The number of hydrogen-bond donors (Lipinski definition) is 1. The molecule has 6 heteroatoms. The molecule has 3 aromatic carbocycles. The van der Waals surface area contributed by atoms with Gasteiger partial charge in [0, 0.05) is 47.2 Å². The summed E-state index contributed by atoms with van der Waals surface area (Å²) in [5, 5.41) is 3.85. The van der Waals surface area contributed by atoms with Gasteiger partial charge in [-0.1, -0.05) is 48.0 Å². The van der Waals surface area contributed by atoms with Crippen LogP contribution in [0.1, 0.15) is 15.9 Å². The second-order valence-electron chi connectivity index (χ2n) is 7.80. The summed E-state index contributed by atoms with van der Waals surface area (Å²) in [6.45, 7) is 3.47. The predicted molar refractivity (Wildman–Crippen MR) is 140 cm³/mol. The van der Waals surface area contributed by atoms with Crippen LogP contribution in [0.2, 0.25) is 0 Å². The number of para-hydroxylation sites is 1. The summed E-state index contributed by atoms with van der Waals surface area (Å²) in [6, 6.07) is 25.5. The zero-order valence-electron chi connectivity index (χ0n) is 18.4. The van der Waals surface area contributed by atoms with Crippen LogP contribution in [0.15, 0.2) is 78.9 Å². The van der Waals surface area contributed by atoms with Crippen LogP contribution >= 0.6 is 23.2 Å². The van der Waals surface area contributed by atoms with Crippen molar-refractivity contribution in [1.82, 2.24) is 4.98 Å². The van der Waals surface area contributed by atoms with Crippen LogP contribution in [0, 0.1) is 6.92 Å². The number of pyridine rings is 1. The lowest BCUT2D eigenvalue weighted by Gasteiger charge is -2.23. The number of fused-ring (bicyclic) bond motifs is 1. The Morgan fingerprint density at radius 1 is 0.909 bits per heavy atom. The monoisotopic (exact) mass is 477 g/mol. The minimum absolute atomic E-state index is 0.173. The molecule has 0 unspecified atom stereocenters. The van der Waals surface area contributed by atoms with E-state index in [0.29, 0.717) is 30.4 Å². The van der Waals surface area contributed by atoms with E-state index in [1.165, 1.54) is 5.56 Å². The highest BCUT2D eigenvalue weighted by molar-refractivity contribution is 6.18. The molecule has 1 heterocycles. The molecule has 0 fully saturated rings. The van der Waals surface area contributed by atoms with Crippen molar-refractivity contribution in [3.63, 3.8) is 0 Å². The van der Waals surface area contributed by atoms with Crippen LogP contribution in [-0.2, 0) is 0 Å². The first-order valence-corrected chi connectivity index (χ1v) is 11.9. The predicted octanol–water partition coefficient (Wildman–Crippen LogP) is 6.75. The van der Waals surface area contributed by atoms with Crippen LogP contribution in [0.25, 0.3) is 22.2 Å². The van der Waals surface area contributed by atoms with Gasteiger partial charge in [-0.05, 0) is 43.3 Å². The third-order valence-electron chi connectivity index (χ3n) is 5.51. The Labute approximate surface area is 204 Å². The summed E-state index contributed by atoms with van der Waals surface area (Å²) in [5.41, 5.74) is 6.04. The Hall–Kier alpha value is -3.08. The third-order valence-corrected chi connectivity index (χ3v) is 5.85. The molecule has 0 radical (unpaired) electrons. The second-order valence-corrected chi connectivity index (χ2v) is 8.56. The molecule has 168 valence electrons. The van der Waals surface area contributed by atoms with Gasteiger partial charge in [0.1, 0.15) is 0 Å². The van der Waals surface area contributed by atoms with Crippen LogP contribution in [0.5, 0.6) is 0 Å². The van der Waals surface area contributed by atoms with Gasteiger partial charge in [0.25, 0.3) is 5.91 Å². The van der Waals surface area contributed by atoms with Gasteiger partial charge in [-0.15, -0.1) is 23.2 Å². The Morgan fingerprint density at radius 2 is 1.58 bits per heavy atom. The Balaban J connectivity index is 1.63. The van der Waals surface area contributed by atoms with Crippen molar-refractivity contribution in [2.45, 2.75) is 6.92 Å². The molecule has 4 rings (SSSR count). The van der Waals surface area contributed by atoms with Gasteiger partial charge >= 0.3 is 0 Å². The number of hydrogen-bond acceptors (Lipinski definition) is 3. The quantitative estimate of drug-likeness (QED) is 0.285. The molecule has 4 nitrogen and oxygen atoms in total. The van der Waals surface area contributed by atoms with Gasteiger partial charge in [-0.2, -0.15) is 0 Å². The summed E-state index contributed by atoms with van der Waals surface area (Å²) in [5.74, 6) is 0.870. The highest BCUT2D eigenvalue weighted by Gasteiger charge is 2.15. The van der Waals surface area contributed by atoms with Gasteiger partial charge in [0.2, 0.25) is 0 Å². The largest absolute Gasteiger partial charge is 0.369 e. The fraction of sp³-hybridized carbons (Fsp3) is 0.185. The number of nitrogens with zero attached hydrogens (tertiary/aromatic N) is 2. The molecule has 0 aliphatic rings. The number of carbonyl (C=O) groups excluding carboxylic acids is 1. The maximum Gasteiger partial charge on any atom is 0.256 e. The van der Waals surface area contributed by atoms with E-state index in [0.717, 1.165) is 33.5 Å². The van der Waals surface area contributed by atoms with Crippen LogP contribution < -0.4 is 10.2 Å². The average molecular weight is 478 g/mol. The normalized spacial score (nSPS) is 10.9. The number of aromatic nitrogens is 1. The fourth-order valence-electron chi connectivity index (χ4n) is 3.76. The first-order valence-electron chi connectivity index (χ1n) is 10.8. The van der Waals surface area contributed by atoms with Crippen molar-refractivity contribution >= 4 is 51.4 Å². The van der Waals surface area contributed by atoms with Gasteiger partial charge in [-0.3, -0.25) is 4.79 Å². The minimum Gasteiger partial charge on any atom is -0.369 e. The lowest BCUT2D eigenvalue weighted by molar-refractivity contribution is 0.102. The van der Waals surface area contributed by atoms with Crippen molar-refractivity contribution < 1.29 is 4.79 Å². The number of nitrogens with one attached hydrogen (secondary N) is 1. The fourth-order valence-corrected chi connectivity index (χ4v) is 4.17. The molecule has 0 aliphatic heterocycles. The molecule has 0 aliphatic carbocycles. The van der Waals surface area contributed by atoms with Gasteiger partial charge < -0.3 is 10.2 Å². The molecular formula is C27H25Cl2N3O. The zero-order valence-corrected chi connectivity index (χ0v) is 19.9. The van der Waals surface area contributed by atoms with Crippen molar-refractivity contribution in [2.75, 3.05) is 35.1 Å². The Kier molecular flexibility index (Phi) is 7.48. The number of halogens is 2. The lowest BCUT2D eigenvalue weighted by atomic mass is 10.0. The molecule has 4 aromatic rings. The molecule has 0 atom stereocenters. The molecule has 0 saturated carbocycles. The van der Waals surface area contributed by atoms with E-state index in [1.807, 2.05) is 85.8 Å². The maximum absolute atomic E-state index is 13.3. The molecule has 0 spiro atoms. The Bertz CT molecular complexity index is 1230. The summed E-state index contributed by atoms with van der Waals surface area (Å²) in [6.07, 6.45) is 0. The number of amides is 1. The molecule has 0 bridgehead atoms. The SMILES string of the molecule is Cc1ccc(-c2cc(C(=O)Nc3ccc(N(CCCl)CCCl)cc3)c3ccccc3n2)cc1. The van der Waals surface area contributed by atoms with E-state index in [2.05, 4.69) is 10.2 Å². The van der Waals surface area contributed by atoms with E-state index in [1.54, 1.807) is 0 Å². The number of rotatable bonds is 8. The van der Waals surface area contributed by atoms with Crippen molar-refractivity contribution in [1.29, 1.82) is 0 Å². The molecular weight excluding hydrogens is 453 g/mol. The highest BCUT2D eigenvalue weighted by atomic mass is 35.5. The third kappa shape index (κ3) is 5.47. The minimum atomic E-state index is -0.173. The van der Waals surface area contributed by atoms with Crippen molar-refractivity contribution in [3.8, 4) is 11.3 Å². The maximum atomic E-state index is 13.3. The number of carbonyl (C=O) groups is 1. The summed E-state index contributed by atoms with van der Waals surface area (Å²) >= 11 is 11.8. The van der Waals surface area contributed by atoms with E-state index in [9.17, 15) is 4.79 Å². The zero-order chi connectivity index (χ0) is 23.2. The van der Waals surface area contributed by atoms with Gasteiger partial charge in [-0.25, -0.2) is 4.98 Å². The van der Waals surface area contributed by atoms with Gasteiger partial charge in [0.05, 0.1) is 16.8 Å². The first-order chi connectivity index (χ1) is 16.1. The summed E-state index contributed by atoms with van der Waals surface area (Å²) in [4.78, 5) is 20.2. The first kappa shape index (κ1) is 23.1. The number of aryl methyl sites for hydroxylation is 1. The standard InChI is InChI=1S/C27H25Cl2N3O/c1-19-6-8-20(9-7-19)26-18-24(23-4-2-3-5-25(23)31-26)27(33)30-21-10-12-22(13-11-21)32(16-14-28)17-15-29/h2-13,18H,14-17H2,1H3,(H,30,33). The van der Waals surface area contributed by atoms with Crippen molar-refractivity contribution in [2.24, 2.45) is 0 Å². The van der Waals surface area contributed by atoms with E-state index in [-0.39, 0.29) is 5.91 Å². The average Bonchev–Trinajstić information content (AvgIpc) is 2.84. The van der Waals surface area contributed by atoms with E-state index >= 15 is 0 Å². The molecule has 1 N–H and O–H groups in total. The molecule has 0 saturated heterocycles. The molecule has 1 amide bonds. The van der Waals surface area contributed by atoms with E-state index < -0.39 is 0 Å². The van der Waals surface area contributed by atoms with Gasteiger partial charge in [0.15, 0.2) is 0 Å². The lowest BCUT2D eigenvalue weighted by Crippen LogP contribution is -2.27. The van der Waals surface area contributed by atoms with Crippen LogP contribution in [0.4, 0.5) is 11.4 Å².